The molecule has 9 heteroatoms. The van der Waals surface area contributed by atoms with Gasteiger partial charge in [-0.25, -0.2) is 9.78 Å². The van der Waals surface area contributed by atoms with E-state index >= 15 is 0 Å². The number of ether oxygens (including phenoxy) is 3. The van der Waals surface area contributed by atoms with Gasteiger partial charge in [0.2, 0.25) is 0 Å². The number of amides is 1. The van der Waals surface area contributed by atoms with Crippen molar-refractivity contribution >= 4 is 6.09 Å². The quantitative estimate of drug-likeness (QED) is 0.494. The highest BCUT2D eigenvalue weighted by atomic mass is 16.6. The van der Waals surface area contributed by atoms with Crippen molar-refractivity contribution in [3.05, 3.63) is 77.4 Å². The summed E-state index contributed by atoms with van der Waals surface area (Å²) in [7, 11) is 3.16. The molecule has 1 aromatic heterocycles. The average Bonchev–Trinajstić information content (AvgIpc) is 3.33. The summed E-state index contributed by atoms with van der Waals surface area (Å²) in [6.07, 6.45) is 3.36. The van der Waals surface area contributed by atoms with Gasteiger partial charge in [0.1, 0.15) is 18.1 Å². The van der Waals surface area contributed by atoms with E-state index in [1.165, 1.54) is 0 Å². The second-order valence-corrected chi connectivity index (χ2v) is 8.28. The molecule has 9 nitrogen and oxygen atoms in total. The predicted octanol–water partition coefficient (Wildman–Crippen LogP) is 3.27. The monoisotopic (exact) mass is 475 g/mol. The topological polar surface area (TPSA) is 92.8 Å². The SMILES string of the molecule is COc1cccc(OC)c1COC(=O)N1CCN(Cc2cncn2Cc2ccc(C#N)cc2)CC1. The Balaban J connectivity index is 1.28. The van der Waals surface area contributed by atoms with Crippen LogP contribution >= 0.6 is 0 Å². The van der Waals surface area contributed by atoms with E-state index in [9.17, 15) is 4.79 Å². The summed E-state index contributed by atoms with van der Waals surface area (Å²) in [6.45, 7) is 4.19. The number of methoxy groups -OCH3 is 2. The fraction of sp³-hybridized carbons (Fsp3) is 0.346. The van der Waals surface area contributed by atoms with Gasteiger partial charge in [0, 0.05) is 45.5 Å². The molecule has 1 aliphatic rings. The van der Waals surface area contributed by atoms with Crippen LogP contribution in [-0.2, 0) is 24.4 Å². The minimum atomic E-state index is -0.344. The van der Waals surface area contributed by atoms with E-state index in [0.29, 0.717) is 42.3 Å². The first kappa shape index (κ1) is 24.1. The van der Waals surface area contributed by atoms with Crippen molar-refractivity contribution in [2.75, 3.05) is 40.4 Å². The number of carbonyl (C=O) groups excluding carboxylic acids is 1. The van der Waals surface area contributed by atoms with Crippen LogP contribution in [0.2, 0.25) is 0 Å². The molecule has 1 aliphatic heterocycles. The summed E-state index contributed by atoms with van der Waals surface area (Å²) in [5, 5.41) is 8.98. The maximum Gasteiger partial charge on any atom is 0.410 e. The number of hydrogen-bond donors (Lipinski definition) is 0. The van der Waals surface area contributed by atoms with Gasteiger partial charge in [-0.05, 0) is 29.8 Å². The molecule has 182 valence electrons. The van der Waals surface area contributed by atoms with Crippen molar-refractivity contribution in [1.82, 2.24) is 19.4 Å². The smallest absolute Gasteiger partial charge is 0.410 e. The van der Waals surface area contributed by atoms with Crippen LogP contribution in [-0.4, -0.2) is 65.8 Å². The Hall–Kier alpha value is -4.03. The molecule has 0 radical (unpaired) electrons. The lowest BCUT2D eigenvalue weighted by molar-refractivity contribution is 0.0686. The number of rotatable bonds is 8. The van der Waals surface area contributed by atoms with Gasteiger partial charge < -0.3 is 23.7 Å². The van der Waals surface area contributed by atoms with Crippen molar-refractivity contribution in [2.45, 2.75) is 19.7 Å². The van der Waals surface area contributed by atoms with Gasteiger partial charge in [-0.15, -0.1) is 0 Å². The summed E-state index contributed by atoms with van der Waals surface area (Å²) in [4.78, 5) is 21.0. The van der Waals surface area contributed by atoms with Gasteiger partial charge in [0.25, 0.3) is 0 Å². The Morgan fingerprint density at radius 1 is 1.00 bits per heavy atom. The van der Waals surface area contributed by atoms with Gasteiger partial charge in [0.05, 0.1) is 43.4 Å². The first-order chi connectivity index (χ1) is 17.1. The molecule has 4 rings (SSSR count). The van der Waals surface area contributed by atoms with Crippen LogP contribution in [0.1, 0.15) is 22.4 Å². The third kappa shape index (κ3) is 5.91. The van der Waals surface area contributed by atoms with Gasteiger partial charge in [0.15, 0.2) is 0 Å². The molecule has 0 atom stereocenters. The van der Waals surface area contributed by atoms with Gasteiger partial charge in [-0.3, -0.25) is 4.90 Å². The highest BCUT2D eigenvalue weighted by molar-refractivity contribution is 5.68. The van der Waals surface area contributed by atoms with Gasteiger partial charge in [-0.2, -0.15) is 5.26 Å². The Morgan fingerprint density at radius 2 is 1.69 bits per heavy atom. The number of carbonyl (C=O) groups is 1. The number of benzene rings is 2. The lowest BCUT2D eigenvalue weighted by Gasteiger charge is -2.34. The molecular weight excluding hydrogens is 446 g/mol. The largest absolute Gasteiger partial charge is 0.496 e. The van der Waals surface area contributed by atoms with E-state index in [1.54, 1.807) is 19.1 Å². The number of hydrogen-bond acceptors (Lipinski definition) is 7. The highest BCUT2D eigenvalue weighted by Gasteiger charge is 2.24. The van der Waals surface area contributed by atoms with Gasteiger partial charge >= 0.3 is 6.09 Å². The zero-order valence-electron chi connectivity index (χ0n) is 20.0. The number of imidazole rings is 1. The van der Waals surface area contributed by atoms with Crippen LogP contribution in [0.4, 0.5) is 4.79 Å². The van der Waals surface area contributed by atoms with Crippen LogP contribution in [0.15, 0.2) is 55.0 Å². The molecule has 35 heavy (non-hydrogen) atoms. The molecule has 0 N–H and O–H groups in total. The van der Waals surface area contributed by atoms with Crippen molar-refractivity contribution in [3.8, 4) is 17.6 Å². The van der Waals surface area contributed by atoms with E-state index < -0.39 is 0 Å². The Morgan fingerprint density at radius 3 is 2.31 bits per heavy atom. The van der Waals surface area contributed by atoms with Crippen molar-refractivity contribution in [2.24, 2.45) is 0 Å². The van der Waals surface area contributed by atoms with Crippen molar-refractivity contribution < 1.29 is 19.0 Å². The summed E-state index contributed by atoms with van der Waals surface area (Å²) in [5.74, 6) is 1.25. The maximum atomic E-state index is 12.7. The number of aromatic nitrogens is 2. The van der Waals surface area contributed by atoms with Crippen LogP contribution in [0.5, 0.6) is 11.5 Å². The summed E-state index contributed by atoms with van der Waals surface area (Å²) in [6, 6.07) is 15.2. The molecule has 1 fully saturated rings. The minimum Gasteiger partial charge on any atom is -0.496 e. The third-order valence-electron chi connectivity index (χ3n) is 6.12. The number of nitriles is 1. The molecule has 2 heterocycles. The predicted molar refractivity (Wildman–Crippen MR) is 129 cm³/mol. The number of piperazine rings is 1. The molecule has 3 aromatic rings. The Labute approximate surface area is 205 Å². The fourth-order valence-corrected chi connectivity index (χ4v) is 4.12. The van der Waals surface area contributed by atoms with Crippen molar-refractivity contribution in [1.29, 1.82) is 5.26 Å². The summed E-state index contributed by atoms with van der Waals surface area (Å²) in [5.41, 5.74) is 3.58. The van der Waals surface area contributed by atoms with E-state index in [-0.39, 0.29) is 12.7 Å². The zero-order valence-corrected chi connectivity index (χ0v) is 20.0. The molecule has 1 saturated heterocycles. The molecular formula is C26H29N5O4. The second kappa shape index (κ2) is 11.4. The molecule has 0 saturated carbocycles. The van der Waals surface area contributed by atoms with Crippen LogP contribution in [0.3, 0.4) is 0 Å². The molecule has 0 unspecified atom stereocenters. The van der Waals surface area contributed by atoms with E-state index in [2.05, 4.69) is 20.5 Å². The molecule has 0 bridgehead atoms. The second-order valence-electron chi connectivity index (χ2n) is 8.28. The Kier molecular flexibility index (Phi) is 7.85. The zero-order chi connectivity index (χ0) is 24.6. The fourth-order valence-electron chi connectivity index (χ4n) is 4.12. The normalized spacial score (nSPS) is 13.8. The average molecular weight is 476 g/mol. The molecule has 1 amide bonds. The molecule has 0 aliphatic carbocycles. The highest BCUT2D eigenvalue weighted by Crippen LogP contribution is 2.29. The maximum absolute atomic E-state index is 12.7. The first-order valence-corrected chi connectivity index (χ1v) is 11.4. The van der Waals surface area contributed by atoms with Crippen LogP contribution < -0.4 is 9.47 Å². The van der Waals surface area contributed by atoms with Crippen LogP contribution in [0, 0.1) is 11.3 Å². The van der Waals surface area contributed by atoms with E-state index in [1.807, 2.05) is 55.0 Å². The van der Waals surface area contributed by atoms with Gasteiger partial charge in [-0.1, -0.05) is 18.2 Å². The third-order valence-corrected chi connectivity index (χ3v) is 6.12. The lowest BCUT2D eigenvalue weighted by atomic mass is 10.1. The van der Waals surface area contributed by atoms with E-state index in [4.69, 9.17) is 19.5 Å². The lowest BCUT2D eigenvalue weighted by Crippen LogP contribution is -2.48. The Bertz CT molecular complexity index is 1150. The minimum absolute atomic E-state index is 0.0841. The van der Waals surface area contributed by atoms with Crippen LogP contribution in [0.25, 0.3) is 0 Å². The molecule has 0 spiro atoms. The summed E-state index contributed by atoms with van der Waals surface area (Å²) >= 11 is 0. The number of nitrogens with zero attached hydrogens (tertiary/aromatic N) is 5. The molecule has 2 aromatic carbocycles. The van der Waals surface area contributed by atoms with E-state index in [0.717, 1.165) is 30.9 Å². The van der Waals surface area contributed by atoms with Crippen molar-refractivity contribution in [3.63, 3.8) is 0 Å². The standard InChI is InChI=1S/C26H29N5O4/c1-33-24-4-3-5-25(34-2)23(24)18-35-26(32)30-12-10-29(11-13-30)17-22-15-28-19-31(22)16-21-8-6-20(14-27)7-9-21/h3-9,15,19H,10-13,16-18H2,1-2H3. The first-order valence-electron chi connectivity index (χ1n) is 11.4. The summed E-state index contributed by atoms with van der Waals surface area (Å²) < 4.78 is 18.4.